The van der Waals surface area contributed by atoms with Crippen LogP contribution in [0.25, 0.3) is 33.5 Å². The van der Waals surface area contributed by atoms with E-state index in [1.54, 1.807) is 43.5 Å². The number of imidazole rings is 1. The second kappa shape index (κ2) is 8.14. The number of nitrogens with one attached hydrogen (secondary N) is 3. The van der Waals surface area contributed by atoms with Gasteiger partial charge in [-0.05, 0) is 25.1 Å². The number of aromatic nitrogens is 7. The fourth-order valence-corrected chi connectivity index (χ4v) is 3.60. The second-order valence-corrected chi connectivity index (χ2v) is 7.21. The summed E-state index contributed by atoms with van der Waals surface area (Å²) >= 11 is 0. The highest BCUT2D eigenvalue weighted by Crippen LogP contribution is 2.32. The van der Waals surface area contributed by atoms with Crippen molar-refractivity contribution in [1.29, 1.82) is 0 Å². The van der Waals surface area contributed by atoms with Gasteiger partial charge in [0.1, 0.15) is 28.5 Å². The molecule has 0 fully saturated rings. The normalized spacial score (nSPS) is 12.0. The summed E-state index contributed by atoms with van der Waals surface area (Å²) in [6.45, 7) is 1.93. The molecule has 5 rings (SSSR count). The van der Waals surface area contributed by atoms with Crippen LogP contribution in [0.15, 0.2) is 47.7 Å². The monoisotopic (exact) mass is 432 g/mol. The summed E-state index contributed by atoms with van der Waals surface area (Å²) in [6, 6.07) is 7.00. The molecule has 0 aliphatic rings. The Morgan fingerprint density at radius 3 is 2.69 bits per heavy atom. The van der Waals surface area contributed by atoms with E-state index < -0.39 is 0 Å². The van der Waals surface area contributed by atoms with Gasteiger partial charge >= 0.3 is 0 Å². The number of nitrogens with zero attached hydrogens (tertiary/aromatic N) is 5. The third-order valence-corrected chi connectivity index (χ3v) is 5.05. The maximum absolute atomic E-state index is 13.1. The fraction of sp³-hybridized carbons (Fsp3) is 0.227. The average Bonchev–Trinajstić information content (AvgIpc) is 3.35. The molecule has 0 radical (unpaired) electrons. The Morgan fingerprint density at radius 2 is 1.94 bits per heavy atom. The van der Waals surface area contributed by atoms with Crippen LogP contribution in [-0.4, -0.2) is 41.8 Å². The molecule has 4 heterocycles. The van der Waals surface area contributed by atoms with Crippen molar-refractivity contribution < 1.29 is 4.74 Å². The smallest absolute Gasteiger partial charge is 0.261 e. The van der Waals surface area contributed by atoms with Crippen LogP contribution in [0.5, 0.6) is 5.75 Å². The molecule has 0 aliphatic heterocycles. The molecule has 10 heteroatoms. The molecule has 0 unspecified atom stereocenters. The lowest BCUT2D eigenvalue weighted by Gasteiger charge is -2.16. The molecule has 1 aromatic carbocycles. The summed E-state index contributed by atoms with van der Waals surface area (Å²) in [7, 11) is 3.41. The lowest BCUT2D eigenvalue weighted by molar-refractivity contribution is 0.415. The third kappa shape index (κ3) is 3.55. The summed E-state index contributed by atoms with van der Waals surface area (Å²) in [6.07, 6.45) is 5.13. The van der Waals surface area contributed by atoms with Gasteiger partial charge in [-0.15, -0.1) is 0 Å². The van der Waals surface area contributed by atoms with E-state index in [2.05, 4.69) is 35.3 Å². The molecule has 10 nitrogen and oxygen atoms in total. The Kier molecular flexibility index (Phi) is 5.35. The van der Waals surface area contributed by atoms with E-state index in [1.165, 1.54) is 0 Å². The van der Waals surface area contributed by atoms with Crippen LogP contribution in [0.4, 0.5) is 5.69 Å². The van der Waals surface area contributed by atoms with Gasteiger partial charge in [0.25, 0.3) is 5.56 Å². The minimum atomic E-state index is -0.282. The maximum atomic E-state index is 13.1. The van der Waals surface area contributed by atoms with Crippen LogP contribution in [0.3, 0.4) is 0 Å². The average molecular weight is 432 g/mol. The predicted octanol–water partition coefficient (Wildman–Crippen LogP) is 3.41. The molecule has 3 N–H and O–H groups in total. The van der Waals surface area contributed by atoms with Crippen molar-refractivity contribution in [3.05, 3.63) is 59.0 Å². The van der Waals surface area contributed by atoms with Gasteiger partial charge in [-0.3, -0.25) is 9.48 Å². The minimum absolute atomic E-state index is 0. The van der Waals surface area contributed by atoms with Crippen LogP contribution in [-0.2, 0) is 7.05 Å². The minimum Gasteiger partial charge on any atom is -0.497 e. The third-order valence-electron chi connectivity index (χ3n) is 5.05. The Morgan fingerprint density at radius 1 is 1.16 bits per heavy atom. The van der Waals surface area contributed by atoms with Crippen LogP contribution in [0.1, 0.15) is 26.2 Å². The Hall–Kier alpha value is -4.21. The molecular weight excluding hydrogens is 408 g/mol. The lowest BCUT2D eigenvalue weighted by Crippen LogP contribution is -2.17. The zero-order valence-electron chi connectivity index (χ0n) is 17.2. The number of anilines is 1. The number of rotatable bonds is 5. The van der Waals surface area contributed by atoms with Crippen molar-refractivity contribution in [2.45, 2.75) is 20.4 Å². The maximum Gasteiger partial charge on any atom is 0.261 e. The van der Waals surface area contributed by atoms with Crippen molar-refractivity contribution >= 4 is 27.8 Å². The molecule has 0 saturated heterocycles. The Bertz CT molecular complexity index is 1450. The summed E-state index contributed by atoms with van der Waals surface area (Å²) in [5.74, 6) is 1.73. The molecular formula is C22H24N8O2. The first-order chi connectivity index (χ1) is 15.0. The first kappa shape index (κ1) is 21.0. The van der Waals surface area contributed by atoms with Crippen LogP contribution in [0, 0.1) is 0 Å². The van der Waals surface area contributed by atoms with Crippen LogP contribution >= 0.6 is 0 Å². The van der Waals surface area contributed by atoms with Crippen LogP contribution in [0.2, 0.25) is 0 Å². The van der Waals surface area contributed by atoms with E-state index in [1.807, 2.05) is 25.1 Å². The highest BCUT2D eigenvalue weighted by atomic mass is 16.5. The van der Waals surface area contributed by atoms with Gasteiger partial charge in [0.05, 0.1) is 35.4 Å². The van der Waals surface area contributed by atoms with Gasteiger partial charge in [-0.25, -0.2) is 15.0 Å². The van der Waals surface area contributed by atoms with Gasteiger partial charge in [0.15, 0.2) is 0 Å². The van der Waals surface area contributed by atoms with Crippen molar-refractivity contribution in [2.75, 3.05) is 12.4 Å². The molecule has 0 aliphatic carbocycles. The molecule has 32 heavy (non-hydrogen) atoms. The van der Waals surface area contributed by atoms with Crippen molar-refractivity contribution in [2.24, 2.45) is 7.05 Å². The number of fused-ring (bicyclic) bond motifs is 2. The van der Waals surface area contributed by atoms with Gasteiger partial charge in [0, 0.05) is 31.7 Å². The quantitative estimate of drug-likeness (QED) is 0.388. The highest BCUT2D eigenvalue weighted by Gasteiger charge is 2.22. The first-order valence-electron chi connectivity index (χ1n) is 9.70. The number of pyridine rings is 1. The summed E-state index contributed by atoms with van der Waals surface area (Å²) < 4.78 is 6.95. The molecule has 5 aromatic rings. The van der Waals surface area contributed by atoms with Gasteiger partial charge in [-0.1, -0.05) is 7.43 Å². The first-order valence-corrected chi connectivity index (χ1v) is 9.70. The summed E-state index contributed by atoms with van der Waals surface area (Å²) in [5.41, 5.74) is 3.38. The summed E-state index contributed by atoms with van der Waals surface area (Å²) in [5, 5.41) is 7.93. The number of hydrogen-bond donors (Lipinski definition) is 3. The lowest BCUT2D eigenvalue weighted by atomic mass is 10.1. The van der Waals surface area contributed by atoms with E-state index in [0.29, 0.717) is 39.7 Å². The molecule has 4 aromatic heterocycles. The molecule has 164 valence electrons. The highest BCUT2D eigenvalue weighted by molar-refractivity contribution is 5.96. The number of aromatic amines is 2. The molecule has 0 bridgehead atoms. The van der Waals surface area contributed by atoms with Gasteiger partial charge in [0.2, 0.25) is 0 Å². The number of methoxy groups -OCH3 is 1. The zero-order valence-corrected chi connectivity index (χ0v) is 17.2. The molecule has 0 amide bonds. The molecule has 1 atom stereocenters. The number of aryl methyl sites for hydroxylation is 1. The number of benzene rings is 1. The number of H-pyrrole nitrogens is 2. The van der Waals surface area contributed by atoms with Crippen LogP contribution < -0.4 is 15.6 Å². The predicted molar refractivity (Wildman–Crippen MR) is 124 cm³/mol. The van der Waals surface area contributed by atoms with Gasteiger partial charge < -0.3 is 20.0 Å². The van der Waals surface area contributed by atoms with E-state index in [-0.39, 0.29) is 19.0 Å². The molecule has 0 saturated carbocycles. The topological polar surface area (TPSA) is 126 Å². The Labute approximate surface area is 183 Å². The van der Waals surface area contributed by atoms with E-state index in [9.17, 15) is 4.79 Å². The standard InChI is InChI=1S/C21H20N8O2.CH4/c1-11(19-22-7-4-8-23-19)24-18-16(21(30)27-15-10-29(2)28-17(15)18)20-25-13-6-5-12(31-3)9-14(13)26-20;/h4-11,24H,1-3H3,(H,25,26)(H,27,30);1H4/t11-;/m0./s1. The van der Waals surface area contributed by atoms with Crippen molar-refractivity contribution in [3.8, 4) is 17.1 Å². The van der Waals surface area contributed by atoms with E-state index in [4.69, 9.17) is 4.74 Å². The Balaban J connectivity index is 0.00000245. The molecule has 0 spiro atoms. The SMILES string of the molecule is C.COc1ccc2nc(-c3c(N[C@@H](C)c4ncccn4)c4nn(C)cc4[nH]c3=O)[nH]c2c1. The van der Waals surface area contributed by atoms with Crippen molar-refractivity contribution in [3.63, 3.8) is 0 Å². The van der Waals surface area contributed by atoms with Crippen molar-refractivity contribution in [1.82, 2.24) is 34.7 Å². The largest absolute Gasteiger partial charge is 0.497 e. The number of ether oxygens (including phenoxy) is 1. The van der Waals surface area contributed by atoms with Gasteiger partial charge in [-0.2, -0.15) is 5.10 Å². The van der Waals surface area contributed by atoms with E-state index >= 15 is 0 Å². The fourth-order valence-electron chi connectivity index (χ4n) is 3.60. The number of hydrogen-bond acceptors (Lipinski definition) is 7. The van der Waals surface area contributed by atoms with E-state index in [0.717, 1.165) is 11.0 Å². The summed E-state index contributed by atoms with van der Waals surface area (Å²) in [4.78, 5) is 32.5. The second-order valence-electron chi connectivity index (χ2n) is 7.21. The zero-order chi connectivity index (χ0) is 21.5.